The van der Waals surface area contributed by atoms with Crippen molar-refractivity contribution in [3.63, 3.8) is 0 Å². The maximum atomic E-state index is 9.19. The van der Waals surface area contributed by atoms with E-state index in [9.17, 15) is 16.8 Å². The van der Waals surface area contributed by atoms with Gasteiger partial charge in [-0.15, -0.1) is 0 Å². The Morgan fingerprint density at radius 3 is 0.769 bits per heavy atom. The van der Waals surface area contributed by atoms with Gasteiger partial charge in [0.2, 0.25) is 0 Å². The molecule has 0 saturated carbocycles. The summed E-state index contributed by atoms with van der Waals surface area (Å²) in [5, 5.41) is 0. The van der Waals surface area contributed by atoms with Crippen LogP contribution >= 0.6 is 0 Å². The maximum Gasteiger partial charge on any atom is 0.261 e. The molecule has 0 radical (unpaired) electrons. The third-order valence-corrected chi connectivity index (χ3v) is 0. The van der Waals surface area contributed by atoms with Crippen molar-refractivity contribution < 1.29 is 78.6 Å². The van der Waals surface area contributed by atoms with Gasteiger partial charge in [-0.1, -0.05) is 0 Å². The van der Waals surface area contributed by atoms with Crippen molar-refractivity contribution in [3.05, 3.63) is 0 Å². The Morgan fingerprint density at radius 2 is 0.769 bits per heavy atom. The van der Waals surface area contributed by atoms with Gasteiger partial charge in [0.1, 0.15) is 0 Å². The zero-order valence-corrected chi connectivity index (χ0v) is 11.6. The molecule has 0 bridgehead atoms. The van der Waals surface area contributed by atoms with E-state index in [1.54, 1.807) is 0 Å². The molecule has 0 aromatic carbocycles. The molecule has 0 aromatic rings. The van der Waals surface area contributed by atoms with E-state index in [0.717, 1.165) is 0 Å². The van der Waals surface area contributed by atoms with Gasteiger partial charge >= 0.3 is 0 Å². The first-order valence-electron chi connectivity index (χ1n) is 1.85. The summed E-state index contributed by atoms with van der Waals surface area (Å²) in [6.45, 7) is 0. The van der Waals surface area contributed by atoms with Crippen LogP contribution in [-0.2, 0) is 20.2 Å². The predicted octanol–water partition coefficient (Wildman–Crippen LogP) is -2.64. The Hall–Kier alpha value is 1.12. The monoisotopic (exact) mass is 368 g/mol. The average Bonchev–Trinajstić information content (AvgIpc) is 1.12. The molecule has 0 unspecified atom stereocenters. The molecule has 0 aliphatic rings. The molecule has 0 rings (SSSR count). The number of hydrogen-bond acceptors (Lipinski definition) is 4. The summed E-state index contributed by atoms with van der Waals surface area (Å²) in [6.07, 6.45) is 1.43. The summed E-state index contributed by atoms with van der Waals surface area (Å²) in [6, 6.07) is 0. The first kappa shape index (κ1) is 29.2. The van der Waals surface area contributed by atoms with Gasteiger partial charge in [-0.3, -0.25) is 9.11 Å². The normalized spacial score (nSPS) is 8.92. The fourth-order valence-corrected chi connectivity index (χ4v) is 0. The molecule has 0 aliphatic heterocycles. The minimum Gasteiger partial charge on any atom is -0.412 e. The van der Waals surface area contributed by atoms with E-state index in [2.05, 4.69) is 0 Å². The van der Waals surface area contributed by atoms with Crippen LogP contribution in [-0.4, -0.2) is 49.4 Å². The molecular formula is C2H12CeO8S2. The summed E-state index contributed by atoms with van der Waals surface area (Å²) in [4.78, 5) is 0. The van der Waals surface area contributed by atoms with Crippen molar-refractivity contribution in [3.8, 4) is 0 Å². The molecule has 13 heavy (non-hydrogen) atoms. The fourth-order valence-electron chi connectivity index (χ4n) is 0. The quantitative estimate of drug-likeness (QED) is 0.442. The van der Waals surface area contributed by atoms with E-state index >= 15 is 0 Å². The van der Waals surface area contributed by atoms with Gasteiger partial charge in [0, 0.05) is 41.7 Å². The topological polar surface area (TPSA) is 172 Å². The van der Waals surface area contributed by atoms with E-state index < -0.39 is 20.2 Å². The van der Waals surface area contributed by atoms with E-state index in [1.165, 1.54) is 0 Å². The first-order chi connectivity index (χ1) is 4.00. The van der Waals surface area contributed by atoms with Crippen LogP contribution in [0.5, 0.6) is 0 Å². The molecule has 0 atom stereocenters. The van der Waals surface area contributed by atoms with Gasteiger partial charge in [-0.2, -0.15) is 16.8 Å². The van der Waals surface area contributed by atoms with Gasteiger partial charge in [-0.25, -0.2) is 0 Å². The smallest absolute Gasteiger partial charge is 0.261 e. The zero-order valence-electron chi connectivity index (χ0n) is 6.84. The van der Waals surface area contributed by atoms with Crippen LogP contribution in [0.1, 0.15) is 0 Å². The van der Waals surface area contributed by atoms with E-state index in [4.69, 9.17) is 9.11 Å². The summed E-state index contributed by atoms with van der Waals surface area (Å²) < 4.78 is 51.7. The zero-order chi connectivity index (χ0) is 9.00. The van der Waals surface area contributed by atoms with Crippen molar-refractivity contribution in [2.24, 2.45) is 0 Å². The largest absolute Gasteiger partial charge is 0.412 e. The molecule has 84 valence electrons. The van der Waals surface area contributed by atoms with Crippen LogP contribution in [0, 0.1) is 41.7 Å². The van der Waals surface area contributed by atoms with Crippen molar-refractivity contribution in [1.82, 2.24) is 0 Å². The second-order valence-electron chi connectivity index (χ2n) is 1.47. The standard InChI is InChI=1S/2CH4O3S.Ce.2H2O/c2*1-5(2,3)4;;;/h2*1H3,(H,2,3,4);;2*1H2. The summed E-state index contributed by atoms with van der Waals surface area (Å²) in [5.41, 5.74) is 0. The van der Waals surface area contributed by atoms with Crippen LogP contribution in [0.4, 0.5) is 0 Å². The third kappa shape index (κ3) is 1300. The van der Waals surface area contributed by atoms with E-state index in [0.29, 0.717) is 12.5 Å². The van der Waals surface area contributed by atoms with E-state index in [-0.39, 0.29) is 52.7 Å². The molecule has 0 spiro atoms. The van der Waals surface area contributed by atoms with Crippen LogP contribution in [0.2, 0.25) is 0 Å². The Labute approximate surface area is 110 Å². The van der Waals surface area contributed by atoms with Crippen molar-refractivity contribution in [2.45, 2.75) is 0 Å². The molecular weight excluding hydrogens is 356 g/mol. The Bertz CT molecular complexity index is 217. The van der Waals surface area contributed by atoms with Gasteiger partial charge in [0.25, 0.3) is 20.2 Å². The molecule has 0 heterocycles. The minimum atomic E-state index is -3.67. The van der Waals surface area contributed by atoms with Crippen LogP contribution in [0.15, 0.2) is 0 Å². The molecule has 6 N–H and O–H groups in total. The summed E-state index contributed by atoms with van der Waals surface area (Å²) in [7, 11) is -7.33. The predicted molar refractivity (Wildman–Crippen MR) is 42.2 cm³/mol. The summed E-state index contributed by atoms with van der Waals surface area (Å²) in [5.74, 6) is 0. The van der Waals surface area contributed by atoms with E-state index in [1.807, 2.05) is 0 Å². The van der Waals surface area contributed by atoms with Crippen LogP contribution < -0.4 is 0 Å². The average molecular weight is 368 g/mol. The first-order valence-corrected chi connectivity index (χ1v) is 5.54. The molecule has 11 heteroatoms. The second kappa shape index (κ2) is 11.2. The molecule has 0 saturated heterocycles. The second-order valence-corrected chi connectivity index (χ2v) is 4.40. The van der Waals surface area contributed by atoms with Gasteiger partial charge in [-0.05, 0) is 0 Å². The van der Waals surface area contributed by atoms with Crippen molar-refractivity contribution in [1.29, 1.82) is 0 Å². The molecule has 0 amide bonds. The number of hydrogen-bond donors (Lipinski definition) is 2. The van der Waals surface area contributed by atoms with Gasteiger partial charge in [0.05, 0.1) is 12.5 Å². The van der Waals surface area contributed by atoms with Gasteiger partial charge in [0.15, 0.2) is 0 Å². The van der Waals surface area contributed by atoms with Crippen molar-refractivity contribution >= 4 is 20.2 Å². The SMILES string of the molecule is CS(=O)(=O)O.CS(=O)(=O)O.O.O.[Ce]. The molecule has 0 fully saturated rings. The Kier molecular flexibility index (Phi) is 25.2. The van der Waals surface area contributed by atoms with Crippen molar-refractivity contribution in [2.75, 3.05) is 12.5 Å². The summed E-state index contributed by atoms with van der Waals surface area (Å²) >= 11 is 0. The van der Waals surface area contributed by atoms with Gasteiger partial charge < -0.3 is 11.0 Å². The Morgan fingerprint density at radius 1 is 0.769 bits per heavy atom. The molecule has 0 aromatic heterocycles. The minimum absolute atomic E-state index is 0. The van der Waals surface area contributed by atoms with Crippen LogP contribution in [0.3, 0.4) is 0 Å². The third-order valence-electron chi connectivity index (χ3n) is 0. The Balaban J connectivity index is -0.0000000267. The van der Waals surface area contributed by atoms with Crippen LogP contribution in [0.25, 0.3) is 0 Å². The number of rotatable bonds is 0. The fraction of sp³-hybridized carbons (Fsp3) is 1.00. The molecule has 8 nitrogen and oxygen atoms in total. The maximum absolute atomic E-state index is 9.19. The molecule has 0 aliphatic carbocycles.